The van der Waals surface area contributed by atoms with E-state index in [1.807, 2.05) is 32.0 Å². The van der Waals surface area contributed by atoms with Crippen LogP contribution < -0.4 is 0 Å². The summed E-state index contributed by atoms with van der Waals surface area (Å²) in [4.78, 5) is 37.4. The van der Waals surface area contributed by atoms with Crippen LogP contribution in [0.2, 0.25) is 0 Å². The number of rotatable bonds is 4. The first-order chi connectivity index (χ1) is 9.67. The van der Waals surface area contributed by atoms with Gasteiger partial charge in [0.15, 0.2) is 0 Å². The van der Waals surface area contributed by atoms with E-state index < -0.39 is 0 Å². The average molecular weight is 280 g/mol. The van der Waals surface area contributed by atoms with E-state index in [1.54, 1.807) is 12.1 Å². The molecule has 0 fully saturated rings. The Morgan fingerprint density at radius 2 is 1.35 bits per heavy atom. The molecule has 0 aromatic heterocycles. The fourth-order valence-electron chi connectivity index (χ4n) is 0.649. The first-order valence-corrected chi connectivity index (χ1v) is 6.45. The van der Waals surface area contributed by atoms with Crippen LogP contribution in [-0.2, 0) is 14.4 Å². The van der Waals surface area contributed by atoms with Gasteiger partial charge in [0.2, 0.25) is 0 Å². The molecule has 20 heavy (non-hydrogen) atoms. The van der Waals surface area contributed by atoms with Gasteiger partial charge < -0.3 is 14.4 Å². The Kier molecular flexibility index (Phi) is 29.6. The number of carbonyl (C=O) groups excluding carboxylic acids is 4. The SMILES string of the molecule is CC=O.CCC=O.CCCC=O.O=Cc1ccccc1. The van der Waals surface area contributed by atoms with Crippen molar-refractivity contribution in [2.45, 2.75) is 40.0 Å². The van der Waals surface area contributed by atoms with Gasteiger partial charge in [-0.3, -0.25) is 4.79 Å². The molecular formula is C16H24O4. The molecule has 112 valence electrons. The molecule has 4 heteroatoms. The van der Waals surface area contributed by atoms with Crippen LogP contribution in [-0.4, -0.2) is 25.1 Å². The lowest BCUT2D eigenvalue weighted by Crippen LogP contribution is -1.73. The number of carbonyl (C=O) groups is 4. The number of unbranched alkanes of at least 4 members (excludes halogenated alkanes) is 1. The van der Waals surface area contributed by atoms with Gasteiger partial charge >= 0.3 is 0 Å². The minimum absolute atomic E-state index is 0.639. The highest BCUT2D eigenvalue weighted by molar-refractivity contribution is 5.74. The average Bonchev–Trinajstić information content (AvgIpc) is 2.50. The predicted molar refractivity (Wildman–Crippen MR) is 80.9 cm³/mol. The molecule has 0 radical (unpaired) electrons. The second-order valence-electron chi connectivity index (χ2n) is 3.29. The topological polar surface area (TPSA) is 68.3 Å². The third-order valence-electron chi connectivity index (χ3n) is 1.51. The Morgan fingerprint density at radius 1 is 0.900 bits per heavy atom. The van der Waals surface area contributed by atoms with Crippen molar-refractivity contribution in [3.63, 3.8) is 0 Å². The molecule has 1 aromatic carbocycles. The van der Waals surface area contributed by atoms with Crippen molar-refractivity contribution in [2.75, 3.05) is 0 Å². The van der Waals surface area contributed by atoms with E-state index in [0.717, 1.165) is 37.1 Å². The summed E-state index contributed by atoms with van der Waals surface area (Å²) in [7, 11) is 0. The van der Waals surface area contributed by atoms with Crippen molar-refractivity contribution in [2.24, 2.45) is 0 Å². The van der Waals surface area contributed by atoms with Crippen molar-refractivity contribution in [1.29, 1.82) is 0 Å². The first-order valence-electron chi connectivity index (χ1n) is 6.45. The molecule has 0 saturated heterocycles. The quantitative estimate of drug-likeness (QED) is 0.794. The van der Waals surface area contributed by atoms with Gasteiger partial charge in [0.25, 0.3) is 0 Å². The number of hydrogen-bond acceptors (Lipinski definition) is 4. The summed E-state index contributed by atoms with van der Waals surface area (Å²) >= 11 is 0. The van der Waals surface area contributed by atoms with E-state index in [1.165, 1.54) is 6.92 Å². The molecule has 0 aliphatic carbocycles. The van der Waals surface area contributed by atoms with E-state index in [4.69, 9.17) is 4.79 Å². The molecule has 0 heterocycles. The Hall–Kier alpha value is -2.10. The van der Waals surface area contributed by atoms with Crippen LogP contribution in [0.25, 0.3) is 0 Å². The molecule has 0 N–H and O–H groups in total. The molecule has 0 saturated carbocycles. The highest BCUT2D eigenvalue weighted by Crippen LogP contribution is 1.91. The maximum absolute atomic E-state index is 10.0. The zero-order valence-electron chi connectivity index (χ0n) is 12.5. The van der Waals surface area contributed by atoms with Crippen LogP contribution in [0.15, 0.2) is 30.3 Å². The third kappa shape index (κ3) is 29.7. The highest BCUT2D eigenvalue weighted by Gasteiger charge is 1.80. The second kappa shape index (κ2) is 25.7. The molecule has 0 atom stereocenters. The van der Waals surface area contributed by atoms with Crippen LogP contribution in [0, 0.1) is 0 Å². The van der Waals surface area contributed by atoms with Gasteiger partial charge in [0, 0.05) is 18.4 Å². The summed E-state index contributed by atoms with van der Waals surface area (Å²) in [5.41, 5.74) is 0.729. The van der Waals surface area contributed by atoms with E-state index in [9.17, 15) is 14.4 Å². The molecule has 0 aliphatic rings. The van der Waals surface area contributed by atoms with E-state index in [-0.39, 0.29) is 0 Å². The standard InChI is InChI=1S/C7H6O.C4H8O.C3H6O.C2H4O/c8-6-7-4-2-1-3-5-7;1-2-3-4-5;1-2-3-4;1-2-3/h1-6H;4H,2-3H2,1H3;3H,2H2,1H3;2H,1H3. The van der Waals surface area contributed by atoms with Gasteiger partial charge in [0.05, 0.1) is 0 Å². The molecule has 1 aromatic rings. The van der Waals surface area contributed by atoms with Crippen LogP contribution in [0.3, 0.4) is 0 Å². The molecule has 0 aliphatic heterocycles. The maximum atomic E-state index is 10.0. The normalized spacial score (nSPS) is 7.15. The molecule has 0 bridgehead atoms. The van der Waals surface area contributed by atoms with Crippen molar-refractivity contribution in [3.05, 3.63) is 35.9 Å². The summed E-state index contributed by atoms with van der Waals surface area (Å²) < 4.78 is 0. The molecule has 0 unspecified atom stereocenters. The summed E-state index contributed by atoms with van der Waals surface area (Å²) in [6.45, 7) is 5.24. The predicted octanol–water partition coefficient (Wildman–Crippen LogP) is 3.29. The smallest absolute Gasteiger partial charge is 0.150 e. The van der Waals surface area contributed by atoms with Crippen LogP contribution in [0.4, 0.5) is 0 Å². The second-order valence-corrected chi connectivity index (χ2v) is 3.29. The van der Waals surface area contributed by atoms with Gasteiger partial charge in [0.1, 0.15) is 25.1 Å². The van der Waals surface area contributed by atoms with Gasteiger partial charge in [-0.05, 0) is 13.3 Å². The number of hydrogen-bond donors (Lipinski definition) is 0. The Bertz CT molecular complexity index is 321. The molecule has 1 rings (SSSR count). The Labute approximate surface area is 121 Å². The third-order valence-corrected chi connectivity index (χ3v) is 1.51. The van der Waals surface area contributed by atoms with Crippen molar-refractivity contribution < 1.29 is 19.2 Å². The zero-order valence-corrected chi connectivity index (χ0v) is 12.5. The fraction of sp³-hybridized carbons (Fsp3) is 0.375. The van der Waals surface area contributed by atoms with Gasteiger partial charge in [-0.25, -0.2) is 0 Å². The van der Waals surface area contributed by atoms with Gasteiger partial charge in [-0.2, -0.15) is 0 Å². The summed E-state index contributed by atoms with van der Waals surface area (Å²) in [5, 5.41) is 0. The van der Waals surface area contributed by atoms with Crippen molar-refractivity contribution in [3.8, 4) is 0 Å². The van der Waals surface area contributed by atoms with E-state index >= 15 is 0 Å². The summed E-state index contributed by atoms with van der Waals surface area (Å²) in [6, 6.07) is 9.10. The highest BCUT2D eigenvalue weighted by atomic mass is 16.1. The summed E-state index contributed by atoms with van der Waals surface area (Å²) in [6.07, 6.45) is 5.71. The van der Waals surface area contributed by atoms with Crippen molar-refractivity contribution in [1.82, 2.24) is 0 Å². The molecular weight excluding hydrogens is 256 g/mol. The minimum atomic E-state index is 0.639. The fourth-order valence-corrected chi connectivity index (χ4v) is 0.649. The monoisotopic (exact) mass is 280 g/mol. The van der Waals surface area contributed by atoms with Crippen molar-refractivity contribution >= 4 is 25.1 Å². The van der Waals surface area contributed by atoms with Gasteiger partial charge in [-0.15, -0.1) is 0 Å². The molecule has 4 nitrogen and oxygen atoms in total. The first kappa shape index (κ1) is 23.0. The van der Waals surface area contributed by atoms with Crippen LogP contribution in [0.5, 0.6) is 0 Å². The lowest BCUT2D eigenvalue weighted by atomic mass is 10.2. The maximum Gasteiger partial charge on any atom is 0.150 e. The number of aldehydes is 4. The largest absolute Gasteiger partial charge is 0.304 e. The lowest BCUT2D eigenvalue weighted by molar-refractivity contribution is -0.108. The van der Waals surface area contributed by atoms with E-state index in [0.29, 0.717) is 12.8 Å². The van der Waals surface area contributed by atoms with Crippen LogP contribution >= 0.6 is 0 Å². The van der Waals surface area contributed by atoms with Crippen LogP contribution in [0.1, 0.15) is 50.4 Å². The minimum Gasteiger partial charge on any atom is -0.304 e. The molecule has 0 amide bonds. The molecule has 0 spiro atoms. The number of benzene rings is 1. The summed E-state index contributed by atoms with van der Waals surface area (Å²) in [5.74, 6) is 0. The van der Waals surface area contributed by atoms with E-state index in [2.05, 4.69) is 0 Å². The lowest BCUT2D eigenvalue weighted by Gasteiger charge is -1.81. The Morgan fingerprint density at radius 3 is 1.50 bits per heavy atom. The van der Waals surface area contributed by atoms with Gasteiger partial charge in [-0.1, -0.05) is 44.2 Å². The zero-order chi connectivity index (χ0) is 16.1. The Balaban J connectivity index is -0.000000211.